The summed E-state index contributed by atoms with van der Waals surface area (Å²) in [7, 11) is 0. The smallest absolute Gasteiger partial charge is 0.119 e. The summed E-state index contributed by atoms with van der Waals surface area (Å²) < 4.78 is 5.46. The molecule has 0 aliphatic heterocycles. The molecule has 0 amide bonds. The molecular weight excluding hydrogens is 182 g/mol. The van der Waals surface area contributed by atoms with Gasteiger partial charge in [0, 0.05) is 5.92 Å². The van der Waals surface area contributed by atoms with E-state index in [9.17, 15) is 0 Å². The zero-order chi connectivity index (χ0) is 9.68. The van der Waals surface area contributed by atoms with Gasteiger partial charge in [-0.1, -0.05) is 37.3 Å². The average Bonchev–Trinajstić information content (AvgIpc) is 2.15. The van der Waals surface area contributed by atoms with Crippen molar-refractivity contribution in [2.75, 3.05) is 6.61 Å². The Labute approximate surface area is 83.7 Å². The number of thiocarbonyl (C=S) groups is 1. The Kier molecular flexibility index (Phi) is 3.71. The quantitative estimate of drug-likeness (QED) is 0.746. The topological polar surface area (TPSA) is 35.2 Å². The van der Waals surface area contributed by atoms with Crippen molar-refractivity contribution in [2.24, 2.45) is 11.7 Å². The van der Waals surface area contributed by atoms with Crippen LogP contribution >= 0.6 is 12.2 Å². The van der Waals surface area contributed by atoms with Crippen molar-refractivity contribution in [3.63, 3.8) is 0 Å². The van der Waals surface area contributed by atoms with Crippen molar-refractivity contribution in [2.45, 2.75) is 6.92 Å². The molecule has 0 spiro atoms. The lowest BCUT2D eigenvalue weighted by molar-refractivity contribution is 0.293. The number of nitrogens with two attached hydrogens (primary N) is 1. The van der Waals surface area contributed by atoms with Crippen molar-refractivity contribution in [3.8, 4) is 5.75 Å². The molecule has 2 nitrogen and oxygen atoms in total. The second-order valence-electron chi connectivity index (χ2n) is 2.93. The Morgan fingerprint density at radius 3 is 2.62 bits per heavy atom. The minimum Gasteiger partial charge on any atom is -0.493 e. The first-order valence-corrected chi connectivity index (χ1v) is 4.58. The van der Waals surface area contributed by atoms with E-state index in [0.717, 1.165) is 5.75 Å². The van der Waals surface area contributed by atoms with Gasteiger partial charge in [0.05, 0.1) is 11.6 Å². The third kappa shape index (κ3) is 3.42. The van der Waals surface area contributed by atoms with Gasteiger partial charge in [-0.2, -0.15) is 0 Å². The van der Waals surface area contributed by atoms with E-state index < -0.39 is 0 Å². The summed E-state index contributed by atoms with van der Waals surface area (Å²) in [6, 6.07) is 9.63. The van der Waals surface area contributed by atoms with Gasteiger partial charge in [-0.3, -0.25) is 0 Å². The van der Waals surface area contributed by atoms with Gasteiger partial charge in [-0.05, 0) is 12.1 Å². The van der Waals surface area contributed by atoms with Gasteiger partial charge in [-0.15, -0.1) is 0 Å². The summed E-state index contributed by atoms with van der Waals surface area (Å²) in [5.74, 6) is 0.973. The highest BCUT2D eigenvalue weighted by molar-refractivity contribution is 7.80. The molecule has 0 aromatic heterocycles. The molecule has 1 aromatic carbocycles. The second-order valence-corrected chi connectivity index (χ2v) is 3.40. The minimum absolute atomic E-state index is 0.121. The lowest BCUT2D eigenvalue weighted by Crippen LogP contribution is -2.23. The zero-order valence-corrected chi connectivity index (χ0v) is 8.38. The molecule has 0 fully saturated rings. The Hall–Kier alpha value is -1.09. The van der Waals surface area contributed by atoms with Crippen LogP contribution in [0, 0.1) is 5.92 Å². The van der Waals surface area contributed by atoms with Crippen LogP contribution in [0.15, 0.2) is 30.3 Å². The average molecular weight is 195 g/mol. The Balaban J connectivity index is 2.39. The van der Waals surface area contributed by atoms with E-state index in [-0.39, 0.29) is 5.92 Å². The third-order valence-corrected chi connectivity index (χ3v) is 2.13. The lowest BCUT2D eigenvalue weighted by Gasteiger charge is -2.10. The molecular formula is C10H13NOS. The number of ether oxygens (including phenoxy) is 1. The van der Waals surface area contributed by atoms with Gasteiger partial charge in [0.2, 0.25) is 0 Å². The van der Waals surface area contributed by atoms with Crippen LogP contribution in [0.5, 0.6) is 5.75 Å². The molecule has 0 radical (unpaired) electrons. The Morgan fingerprint density at radius 2 is 2.08 bits per heavy atom. The predicted molar refractivity (Wildman–Crippen MR) is 57.9 cm³/mol. The number of para-hydroxylation sites is 1. The summed E-state index contributed by atoms with van der Waals surface area (Å²) in [4.78, 5) is 0.496. The van der Waals surface area contributed by atoms with Gasteiger partial charge >= 0.3 is 0 Å². The maximum absolute atomic E-state index is 5.46. The molecule has 13 heavy (non-hydrogen) atoms. The van der Waals surface area contributed by atoms with E-state index >= 15 is 0 Å². The highest BCUT2D eigenvalue weighted by atomic mass is 32.1. The molecule has 1 unspecified atom stereocenters. The molecule has 0 saturated heterocycles. The van der Waals surface area contributed by atoms with Gasteiger partial charge in [0.25, 0.3) is 0 Å². The van der Waals surface area contributed by atoms with Crippen molar-refractivity contribution < 1.29 is 4.74 Å². The standard InChI is InChI=1S/C10H13NOS/c1-8(10(11)13)7-12-9-5-3-2-4-6-9/h2-6,8H,7H2,1H3,(H2,11,13). The van der Waals surface area contributed by atoms with Crippen LogP contribution in [0.1, 0.15) is 6.92 Å². The molecule has 2 N–H and O–H groups in total. The maximum atomic E-state index is 5.46. The Bertz CT molecular complexity index is 274. The molecule has 70 valence electrons. The van der Waals surface area contributed by atoms with Crippen LogP contribution in [0.3, 0.4) is 0 Å². The number of hydrogen-bond acceptors (Lipinski definition) is 2. The van der Waals surface area contributed by atoms with Crippen LogP contribution < -0.4 is 10.5 Å². The Morgan fingerprint density at radius 1 is 1.46 bits per heavy atom. The van der Waals surface area contributed by atoms with Crippen molar-refractivity contribution in [1.29, 1.82) is 0 Å². The normalized spacial score (nSPS) is 12.1. The SMILES string of the molecule is CC(COc1ccccc1)C(N)=S. The molecule has 1 aromatic rings. The van der Waals surface area contributed by atoms with Crippen LogP contribution in [-0.2, 0) is 0 Å². The summed E-state index contributed by atoms with van der Waals surface area (Å²) in [5.41, 5.74) is 5.45. The second kappa shape index (κ2) is 4.82. The summed E-state index contributed by atoms with van der Waals surface area (Å²) in [5, 5.41) is 0. The first-order chi connectivity index (χ1) is 6.20. The summed E-state index contributed by atoms with van der Waals surface area (Å²) in [6.07, 6.45) is 0. The summed E-state index contributed by atoms with van der Waals surface area (Å²) >= 11 is 4.83. The monoisotopic (exact) mass is 195 g/mol. The highest BCUT2D eigenvalue weighted by Gasteiger charge is 2.04. The van der Waals surface area contributed by atoms with Gasteiger partial charge in [0.15, 0.2) is 0 Å². The fourth-order valence-corrected chi connectivity index (χ4v) is 0.888. The number of rotatable bonds is 4. The van der Waals surface area contributed by atoms with Crippen LogP contribution in [0.4, 0.5) is 0 Å². The van der Waals surface area contributed by atoms with Crippen molar-refractivity contribution in [1.82, 2.24) is 0 Å². The van der Waals surface area contributed by atoms with Gasteiger partial charge < -0.3 is 10.5 Å². The third-order valence-electron chi connectivity index (χ3n) is 1.73. The highest BCUT2D eigenvalue weighted by Crippen LogP contribution is 2.09. The minimum atomic E-state index is 0.121. The first-order valence-electron chi connectivity index (χ1n) is 4.17. The van der Waals surface area contributed by atoms with E-state index in [2.05, 4.69) is 0 Å². The predicted octanol–water partition coefficient (Wildman–Crippen LogP) is 1.99. The van der Waals surface area contributed by atoms with Crippen LogP contribution in [0.25, 0.3) is 0 Å². The fourth-order valence-electron chi connectivity index (χ4n) is 0.820. The molecule has 3 heteroatoms. The van der Waals surface area contributed by atoms with E-state index in [1.165, 1.54) is 0 Å². The maximum Gasteiger partial charge on any atom is 0.119 e. The first kappa shape index (κ1) is 9.99. The van der Waals surface area contributed by atoms with E-state index in [4.69, 9.17) is 22.7 Å². The number of benzene rings is 1. The largest absolute Gasteiger partial charge is 0.493 e. The number of hydrogen-bond donors (Lipinski definition) is 1. The van der Waals surface area contributed by atoms with Crippen molar-refractivity contribution >= 4 is 17.2 Å². The molecule has 0 heterocycles. The lowest BCUT2D eigenvalue weighted by atomic mass is 10.2. The van der Waals surface area contributed by atoms with Crippen LogP contribution in [0.2, 0.25) is 0 Å². The molecule has 0 aliphatic carbocycles. The van der Waals surface area contributed by atoms with Gasteiger partial charge in [-0.25, -0.2) is 0 Å². The fraction of sp³-hybridized carbons (Fsp3) is 0.300. The van der Waals surface area contributed by atoms with E-state index in [1.54, 1.807) is 0 Å². The molecule has 0 aliphatic rings. The molecule has 0 saturated carbocycles. The molecule has 1 atom stereocenters. The molecule has 1 rings (SSSR count). The van der Waals surface area contributed by atoms with E-state index in [1.807, 2.05) is 37.3 Å². The van der Waals surface area contributed by atoms with Crippen molar-refractivity contribution in [3.05, 3.63) is 30.3 Å². The van der Waals surface area contributed by atoms with Crippen LogP contribution in [-0.4, -0.2) is 11.6 Å². The molecule has 0 bridgehead atoms. The van der Waals surface area contributed by atoms with Gasteiger partial charge in [0.1, 0.15) is 5.75 Å². The zero-order valence-electron chi connectivity index (χ0n) is 7.57. The van der Waals surface area contributed by atoms with E-state index in [0.29, 0.717) is 11.6 Å². The summed E-state index contributed by atoms with van der Waals surface area (Å²) in [6.45, 7) is 2.49.